The predicted molar refractivity (Wildman–Crippen MR) is 86.4 cm³/mol. The molecule has 1 aliphatic heterocycles. The van der Waals surface area contributed by atoms with Crippen LogP contribution in [0.1, 0.15) is 42.3 Å². The van der Waals surface area contributed by atoms with Crippen LogP contribution in [-0.2, 0) is 6.54 Å². The molecule has 1 aromatic rings. The zero-order chi connectivity index (χ0) is 14.5. The van der Waals surface area contributed by atoms with Crippen molar-refractivity contribution < 1.29 is 0 Å². The first kappa shape index (κ1) is 15.3. The summed E-state index contributed by atoms with van der Waals surface area (Å²) in [6.07, 6.45) is 2.53. The highest BCUT2D eigenvalue weighted by Crippen LogP contribution is 2.19. The SMILES string of the molecule is CCNC(=NCc1sc(C)nc1C)N1CCC(C)CC1. The molecule has 2 heterocycles. The van der Waals surface area contributed by atoms with Crippen LogP contribution in [0.15, 0.2) is 4.99 Å². The van der Waals surface area contributed by atoms with Gasteiger partial charge in [-0.15, -0.1) is 11.3 Å². The zero-order valence-corrected chi connectivity index (χ0v) is 13.9. The zero-order valence-electron chi connectivity index (χ0n) is 13.1. The van der Waals surface area contributed by atoms with Crippen LogP contribution in [0.4, 0.5) is 0 Å². The van der Waals surface area contributed by atoms with Crippen molar-refractivity contribution in [3.8, 4) is 0 Å². The molecular weight excluding hydrogens is 268 g/mol. The molecule has 2 rings (SSSR count). The van der Waals surface area contributed by atoms with Crippen LogP contribution >= 0.6 is 11.3 Å². The first-order valence-corrected chi connectivity index (χ1v) is 8.38. The molecule has 1 fully saturated rings. The van der Waals surface area contributed by atoms with Gasteiger partial charge >= 0.3 is 0 Å². The summed E-state index contributed by atoms with van der Waals surface area (Å²) < 4.78 is 0. The molecule has 112 valence electrons. The van der Waals surface area contributed by atoms with Gasteiger partial charge in [-0.3, -0.25) is 0 Å². The summed E-state index contributed by atoms with van der Waals surface area (Å²) >= 11 is 1.76. The summed E-state index contributed by atoms with van der Waals surface area (Å²) in [6.45, 7) is 12.5. The molecule has 1 N–H and O–H groups in total. The van der Waals surface area contributed by atoms with Gasteiger partial charge in [0.25, 0.3) is 0 Å². The fourth-order valence-corrected chi connectivity index (χ4v) is 3.37. The maximum absolute atomic E-state index is 4.81. The van der Waals surface area contributed by atoms with Crippen LogP contribution in [0.25, 0.3) is 0 Å². The molecule has 0 radical (unpaired) electrons. The molecule has 4 nitrogen and oxygen atoms in total. The number of guanidine groups is 1. The van der Waals surface area contributed by atoms with Crippen molar-refractivity contribution in [2.24, 2.45) is 10.9 Å². The number of likely N-dealkylation sites (tertiary alicyclic amines) is 1. The second-order valence-electron chi connectivity index (χ2n) is 5.58. The van der Waals surface area contributed by atoms with Crippen molar-refractivity contribution >= 4 is 17.3 Å². The maximum atomic E-state index is 4.81. The van der Waals surface area contributed by atoms with Crippen LogP contribution in [0.3, 0.4) is 0 Å². The second kappa shape index (κ2) is 7.07. The molecule has 0 saturated carbocycles. The van der Waals surface area contributed by atoms with Gasteiger partial charge in [-0.05, 0) is 39.5 Å². The molecule has 0 atom stereocenters. The molecule has 0 aliphatic carbocycles. The highest BCUT2D eigenvalue weighted by Gasteiger charge is 2.18. The van der Waals surface area contributed by atoms with Gasteiger partial charge in [0.05, 0.1) is 17.2 Å². The highest BCUT2D eigenvalue weighted by atomic mass is 32.1. The number of hydrogen-bond donors (Lipinski definition) is 1. The van der Waals surface area contributed by atoms with Gasteiger partial charge in [0, 0.05) is 24.5 Å². The number of rotatable bonds is 3. The molecular formula is C15H26N4S. The molecule has 0 aromatic carbocycles. The Hall–Kier alpha value is -1.10. The van der Waals surface area contributed by atoms with E-state index in [2.05, 4.69) is 42.9 Å². The minimum atomic E-state index is 0.742. The number of aryl methyl sites for hydroxylation is 2. The number of aromatic nitrogens is 1. The van der Waals surface area contributed by atoms with Gasteiger partial charge in [0.15, 0.2) is 5.96 Å². The van der Waals surface area contributed by atoms with Gasteiger partial charge < -0.3 is 10.2 Å². The topological polar surface area (TPSA) is 40.5 Å². The Labute approximate surface area is 126 Å². The minimum Gasteiger partial charge on any atom is -0.357 e. The van der Waals surface area contributed by atoms with Crippen LogP contribution in [-0.4, -0.2) is 35.5 Å². The standard InChI is InChI=1S/C15H26N4S/c1-5-16-15(19-8-6-11(2)7-9-19)17-10-14-12(3)18-13(4)20-14/h11H,5-10H2,1-4H3,(H,16,17). The highest BCUT2D eigenvalue weighted by molar-refractivity contribution is 7.11. The lowest BCUT2D eigenvalue weighted by molar-refractivity contribution is 0.273. The van der Waals surface area contributed by atoms with Crippen molar-refractivity contribution in [2.45, 2.75) is 47.1 Å². The second-order valence-corrected chi connectivity index (χ2v) is 6.87. The van der Waals surface area contributed by atoms with Gasteiger partial charge in [0.1, 0.15) is 0 Å². The van der Waals surface area contributed by atoms with E-state index in [1.165, 1.54) is 17.7 Å². The third-order valence-electron chi connectivity index (χ3n) is 3.79. The Balaban J connectivity index is 2.03. The smallest absolute Gasteiger partial charge is 0.194 e. The van der Waals surface area contributed by atoms with Gasteiger partial charge in [-0.25, -0.2) is 9.98 Å². The van der Waals surface area contributed by atoms with E-state index in [4.69, 9.17) is 4.99 Å². The van der Waals surface area contributed by atoms with Crippen molar-refractivity contribution in [3.63, 3.8) is 0 Å². The molecule has 0 unspecified atom stereocenters. The number of aliphatic imine (C=N–C) groups is 1. The summed E-state index contributed by atoms with van der Waals surface area (Å²) in [4.78, 5) is 13.0. The Bertz CT molecular complexity index is 458. The maximum Gasteiger partial charge on any atom is 0.194 e. The first-order valence-electron chi connectivity index (χ1n) is 7.56. The number of nitrogens with zero attached hydrogens (tertiary/aromatic N) is 3. The average molecular weight is 294 g/mol. The quantitative estimate of drug-likeness (QED) is 0.688. The summed E-state index contributed by atoms with van der Waals surface area (Å²) in [6, 6.07) is 0. The fourth-order valence-electron chi connectivity index (χ4n) is 2.51. The van der Waals surface area contributed by atoms with Crippen molar-refractivity contribution in [1.29, 1.82) is 0 Å². The lowest BCUT2D eigenvalue weighted by Crippen LogP contribution is -2.45. The fraction of sp³-hybridized carbons (Fsp3) is 0.733. The number of thiazole rings is 1. The Morgan fingerprint density at radius 1 is 1.40 bits per heavy atom. The minimum absolute atomic E-state index is 0.742. The van der Waals surface area contributed by atoms with E-state index in [9.17, 15) is 0 Å². The molecule has 0 spiro atoms. The van der Waals surface area contributed by atoms with E-state index >= 15 is 0 Å². The summed E-state index contributed by atoms with van der Waals surface area (Å²) in [5, 5.41) is 4.55. The van der Waals surface area contributed by atoms with E-state index in [1.54, 1.807) is 11.3 Å². The molecule has 20 heavy (non-hydrogen) atoms. The van der Waals surface area contributed by atoms with E-state index in [1.807, 2.05) is 0 Å². The van der Waals surface area contributed by atoms with Gasteiger partial charge in [0.2, 0.25) is 0 Å². The third kappa shape index (κ3) is 3.95. The Morgan fingerprint density at radius 3 is 2.65 bits per heavy atom. The van der Waals surface area contributed by atoms with Gasteiger partial charge in [-0.2, -0.15) is 0 Å². The van der Waals surface area contributed by atoms with Crippen molar-refractivity contribution in [3.05, 3.63) is 15.6 Å². The van der Waals surface area contributed by atoms with Gasteiger partial charge in [-0.1, -0.05) is 6.92 Å². The Kier molecular flexibility index (Phi) is 5.40. The number of piperidine rings is 1. The van der Waals surface area contributed by atoms with E-state index in [-0.39, 0.29) is 0 Å². The summed E-state index contributed by atoms with van der Waals surface area (Å²) in [5.74, 6) is 1.91. The lowest BCUT2D eigenvalue weighted by atomic mass is 10.00. The Morgan fingerprint density at radius 2 is 2.10 bits per heavy atom. The monoisotopic (exact) mass is 294 g/mol. The van der Waals surface area contributed by atoms with Crippen LogP contribution < -0.4 is 5.32 Å². The molecule has 5 heteroatoms. The predicted octanol–water partition coefficient (Wildman–Crippen LogP) is 2.96. The molecule has 1 aliphatic rings. The largest absolute Gasteiger partial charge is 0.357 e. The van der Waals surface area contributed by atoms with Crippen molar-refractivity contribution in [2.75, 3.05) is 19.6 Å². The average Bonchev–Trinajstić information content (AvgIpc) is 2.74. The molecule has 0 bridgehead atoms. The number of nitrogens with one attached hydrogen (secondary N) is 1. The summed E-state index contributed by atoms with van der Waals surface area (Å²) in [7, 11) is 0. The first-order chi connectivity index (χ1) is 9.60. The molecule has 0 amide bonds. The van der Waals surface area contributed by atoms with Crippen molar-refractivity contribution in [1.82, 2.24) is 15.2 Å². The third-order valence-corrected chi connectivity index (χ3v) is 4.85. The normalized spacial score (nSPS) is 17.6. The number of hydrogen-bond acceptors (Lipinski definition) is 3. The van der Waals surface area contributed by atoms with E-state index in [0.29, 0.717) is 0 Å². The van der Waals surface area contributed by atoms with Crippen LogP contribution in [0.2, 0.25) is 0 Å². The van der Waals surface area contributed by atoms with Crippen LogP contribution in [0.5, 0.6) is 0 Å². The van der Waals surface area contributed by atoms with Crippen LogP contribution in [0, 0.1) is 19.8 Å². The molecule has 1 aromatic heterocycles. The van der Waals surface area contributed by atoms with E-state index < -0.39 is 0 Å². The lowest BCUT2D eigenvalue weighted by Gasteiger charge is -2.32. The summed E-state index contributed by atoms with van der Waals surface area (Å²) in [5.41, 5.74) is 1.12. The van der Waals surface area contributed by atoms with E-state index in [0.717, 1.165) is 48.8 Å². The molecule has 1 saturated heterocycles.